The first-order valence-electron chi connectivity index (χ1n) is 8.89. The minimum Gasteiger partial charge on any atom is -0.465 e. The monoisotopic (exact) mass is 386 g/mol. The van der Waals surface area contributed by atoms with E-state index in [9.17, 15) is 9.59 Å². The average molecular weight is 387 g/mol. The molecule has 0 saturated carbocycles. The Labute approximate surface area is 164 Å². The van der Waals surface area contributed by atoms with Crippen molar-refractivity contribution in [1.29, 1.82) is 0 Å². The Morgan fingerprint density at radius 3 is 2.52 bits per heavy atom. The number of nitrogens with zero attached hydrogens (tertiary/aromatic N) is 2. The lowest BCUT2D eigenvalue weighted by Crippen LogP contribution is -2.55. The number of hydrogen-bond donors (Lipinski definition) is 0. The van der Waals surface area contributed by atoms with Crippen LogP contribution in [0.5, 0.6) is 0 Å². The summed E-state index contributed by atoms with van der Waals surface area (Å²) in [5.41, 5.74) is 3.40. The molecule has 0 bridgehead atoms. The van der Waals surface area contributed by atoms with Crippen LogP contribution in [-0.2, 0) is 16.1 Å². The predicted molar refractivity (Wildman–Crippen MR) is 106 cm³/mol. The predicted octanol–water partition coefficient (Wildman–Crippen LogP) is 3.67. The summed E-state index contributed by atoms with van der Waals surface area (Å²) in [5.74, 6) is -0.289. The van der Waals surface area contributed by atoms with Crippen LogP contribution in [0.25, 0.3) is 0 Å². The van der Waals surface area contributed by atoms with E-state index < -0.39 is 0 Å². The number of amides is 1. The average Bonchev–Trinajstić information content (AvgIpc) is 2.68. The lowest BCUT2D eigenvalue weighted by molar-refractivity contribution is -0.125. The number of ether oxygens (including phenoxy) is 1. The van der Waals surface area contributed by atoms with Gasteiger partial charge in [-0.05, 0) is 49.2 Å². The van der Waals surface area contributed by atoms with Gasteiger partial charge in [0.2, 0.25) is 5.91 Å². The van der Waals surface area contributed by atoms with E-state index in [-0.39, 0.29) is 17.9 Å². The minimum atomic E-state index is -0.351. The van der Waals surface area contributed by atoms with Gasteiger partial charge in [0.05, 0.1) is 18.7 Å². The van der Waals surface area contributed by atoms with E-state index >= 15 is 0 Å². The molecule has 6 heteroatoms. The number of rotatable bonds is 4. The van der Waals surface area contributed by atoms with Crippen LogP contribution >= 0.6 is 11.6 Å². The maximum Gasteiger partial charge on any atom is 0.337 e. The Kier molecular flexibility index (Phi) is 5.82. The van der Waals surface area contributed by atoms with E-state index in [0.717, 1.165) is 23.4 Å². The Hall–Kier alpha value is -2.37. The highest BCUT2D eigenvalue weighted by atomic mass is 35.5. The Balaban J connectivity index is 1.69. The number of esters is 1. The fourth-order valence-electron chi connectivity index (χ4n) is 3.23. The molecule has 3 rings (SSSR count). The van der Waals surface area contributed by atoms with Gasteiger partial charge in [-0.2, -0.15) is 0 Å². The van der Waals surface area contributed by atoms with E-state index in [1.807, 2.05) is 44.2 Å². The summed E-state index contributed by atoms with van der Waals surface area (Å²) in [5, 5.41) is 0.668. The van der Waals surface area contributed by atoms with Crippen molar-refractivity contribution in [1.82, 2.24) is 4.90 Å². The van der Waals surface area contributed by atoms with Crippen molar-refractivity contribution in [3.8, 4) is 0 Å². The van der Waals surface area contributed by atoms with Gasteiger partial charge in [0.25, 0.3) is 0 Å². The van der Waals surface area contributed by atoms with Crippen LogP contribution in [0.15, 0.2) is 42.5 Å². The summed E-state index contributed by atoms with van der Waals surface area (Å²) in [6, 6.07) is 12.8. The Morgan fingerprint density at radius 1 is 1.19 bits per heavy atom. The van der Waals surface area contributed by atoms with Gasteiger partial charge in [0.15, 0.2) is 0 Å². The highest BCUT2D eigenvalue weighted by Crippen LogP contribution is 2.26. The standard InChI is InChI=1S/C21H23ClN2O3/c1-14-4-9-18(12-19(14)22)24-11-10-23(15(2)20(24)25)13-16-5-7-17(8-6-16)21(26)27-3/h4-9,12,15H,10-11,13H2,1-3H3/t15-/m1/s1. The zero-order chi connectivity index (χ0) is 19.6. The summed E-state index contributed by atoms with van der Waals surface area (Å²) in [7, 11) is 1.37. The molecule has 0 aromatic heterocycles. The van der Waals surface area contributed by atoms with Crippen LogP contribution in [0.3, 0.4) is 0 Å². The number of halogens is 1. The number of piperazine rings is 1. The van der Waals surface area contributed by atoms with Crippen molar-refractivity contribution in [3.05, 3.63) is 64.2 Å². The third kappa shape index (κ3) is 4.15. The van der Waals surface area contributed by atoms with Crippen molar-refractivity contribution < 1.29 is 14.3 Å². The van der Waals surface area contributed by atoms with Gasteiger partial charge in [-0.1, -0.05) is 29.8 Å². The lowest BCUT2D eigenvalue weighted by atomic mass is 10.1. The fourth-order valence-corrected chi connectivity index (χ4v) is 3.41. The van der Waals surface area contributed by atoms with Crippen LogP contribution in [0.1, 0.15) is 28.4 Å². The van der Waals surface area contributed by atoms with Crippen LogP contribution in [0.4, 0.5) is 5.69 Å². The third-order valence-electron chi connectivity index (χ3n) is 5.01. The Bertz CT molecular complexity index is 851. The van der Waals surface area contributed by atoms with Crippen LogP contribution < -0.4 is 4.90 Å². The van der Waals surface area contributed by atoms with E-state index in [1.165, 1.54) is 7.11 Å². The van der Waals surface area contributed by atoms with Crippen LogP contribution in [0, 0.1) is 6.92 Å². The first-order valence-corrected chi connectivity index (χ1v) is 9.27. The summed E-state index contributed by atoms with van der Waals surface area (Å²) < 4.78 is 4.72. The number of methoxy groups -OCH3 is 1. The molecule has 0 N–H and O–H groups in total. The molecule has 27 heavy (non-hydrogen) atoms. The van der Waals surface area contributed by atoms with Gasteiger partial charge in [-0.25, -0.2) is 4.79 Å². The summed E-state index contributed by atoms with van der Waals surface area (Å²) in [6.45, 7) is 5.89. The smallest absolute Gasteiger partial charge is 0.337 e. The van der Waals surface area contributed by atoms with Crippen molar-refractivity contribution in [2.45, 2.75) is 26.4 Å². The summed E-state index contributed by atoms with van der Waals surface area (Å²) >= 11 is 6.22. The van der Waals surface area contributed by atoms with Crippen LogP contribution in [0.2, 0.25) is 5.02 Å². The van der Waals surface area contributed by atoms with Crippen LogP contribution in [-0.4, -0.2) is 43.0 Å². The van der Waals surface area contributed by atoms with Gasteiger partial charge in [-0.15, -0.1) is 0 Å². The zero-order valence-electron chi connectivity index (χ0n) is 15.7. The molecule has 2 aromatic rings. The second kappa shape index (κ2) is 8.11. The molecule has 1 amide bonds. The largest absolute Gasteiger partial charge is 0.465 e. The third-order valence-corrected chi connectivity index (χ3v) is 5.42. The SMILES string of the molecule is COC(=O)c1ccc(CN2CCN(c3ccc(C)c(Cl)c3)C(=O)[C@H]2C)cc1. The maximum atomic E-state index is 12.9. The highest BCUT2D eigenvalue weighted by Gasteiger charge is 2.32. The topological polar surface area (TPSA) is 49.9 Å². The van der Waals surface area contributed by atoms with Gasteiger partial charge < -0.3 is 9.64 Å². The fraction of sp³-hybridized carbons (Fsp3) is 0.333. The molecule has 1 fully saturated rings. The molecule has 2 aromatic carbocycles. The molecule has 1 atom stereocenters. The summed E-state index contributed by atoms with van der Waals surface area (Å²) in [6.07, 6.45) is 0. The van der Waals surface area contributed by atoms with Gasteiger partial charge in [-0.3, -0.25) is 9.69 Å². The molecule has 0 unspecified atom stereocenters. The first-order chi connectivity index (χ1) is 12.9. The van der Waals surface area contributed by atoms with E-state index in [0.29, 0.717) is 23.7 Å². The number of carbonyl (C=O) groups excluding carboxylic acids is 2. The van der Waals surface area contributed by atoms with Gasteiger partial charge in [0, 0.05) is 30.3 Å². The number of aryl methyl sites for hydroxylation is 1. The number of hydrogen-bond acceptors (Lipinski definition) is 4. The second-order valence-electron chi connectivity index (χ2n) is 6.76. The van der Waals surface area contributed by atoms with Gasteiger partial charge >= 0.3 is 5.97 Å². The summed E-state index contributed by atoms with van der Waals surface area (Å²) in [4.78, 5) is 28.4. The zero-order valence-corrected chi connectivity index (χ0v) is 16.5. The van der Waals surface area contributed by atoms with E-state index in [4.69, 9.17) is 16.3 Å². The molecule has 5 nitrogen and oxygen atoms in total. The first kappa shape index (κ1) is 19.4. The number of benzene rings is 2. The van der Waals surface area contributed by atoms with Gasteiger partial charge in [0.1, 0.15) is 0 Å². The molecule has 1 saturated heterocycles. The number of carbonyl (C=O) groups is 2. The normalized spacial score (nSPS) is 17.9. The second-order valence-corrected chi connectivity index (χ2v) is 7.17. The minimum absolute atomic E-state index is 0.0624. The molecule has 0 radical (unpaired) electrons. The molecule has 1 heterocycles. The molecular weight excluding hydrogens is 364 g/mol. The van der Waals surface area contributed by atoms with E-state index in [2.05, 4.69) is 4.90 Å². The van der Waals surface area contributed by atoms with E-state index in [1.54, 1.807) is 17.0 Å². The maximum absolute atomic E-state index is 12.9. The molecular formula is C21H23ClN2O3. The van der Waals surface area contributed by atoms with Crippen molar-refractivity contribution in [3.63, 3.8) is 0 Å². The molecule has 1 aliphatic heterocycles. The van der Waals surface area contributed by atoms with Crippen molar-refractivity contribution in [2.24, 2.45) is 0 Å². The molecule has 0 spiro atoms. The Morgan fingerprint density at radius 2 is 1.89 bits per heavy atom. The molecule has 1 aliphatic rings. The van der Waals surface area contributed by atoms with Crippen molar-refractivity contribution in [2.75, 3.05) is 25.1 Å². The number of anilines is 1. The van der Waals surface area contributed by atoms with Crippen molar-refractivity contribution >= 4 is 29.2 Å². The highest BCUT2D eigenvalue weighted by molar-refractivity contribution is 6.31. The molecule has 0 aliphatic carbocycles. The molecule has 142 valence electrons. The quantitative estimate of drug-likeness (QED) is 0.752. The lowest BCUT2D eigenvalue weighted by Gasteiger charge is -2.39.